The Labute approximate surface area is 93.3 Å². The van der Waals surface area contributed by atoms with Crippen molar-refractivity contribution in [3.8, 4) is 11.5 Å². The van der Waals surface area contributed by atoms with Crippen LogP contribution in [0.2, 0.25) is 0 Å². The lowest BCUT2D eigenvalue weighted by atomic mass is 10.2. The second kappa shape index (κ2) is 3.96. The largest absolute Gasteiger partial charge is 0.477 e. The molecule has 2 N–H and O–H groups in total. The highest BCUT2D eigenvalue weighted by molar-refractivity contribution is 5.94. The summed E-state index contributed by atoms with van der Waals surface area (Å²) >= 11 is 0. The number of carboxylic acids is 1. The van der Waals surface area contributed by atoms with E-state index >= 15 is 0 Å². The Bertz CT molecular complexity index is 562. The van der Waals surface area contributed by atoms with Crippen LogP contribution in [0.15, 0.2) is 10.7 Å². The number of halogens is 2. The molecule has 0 aromatic carbocycles. The Morgan fingerprint density at radius 2 is 2.29 bits per heavy atom. The molecule has 0 aliphatic heterocycles. The molecule has 0 bridgehead atoms. The van der Waals surface area contributed by atoms with Crippen molar-refractivity contribution in [2.24, 2.45) is 0 Å². The number of aromatic nitrogens is 3. The van der Waals surface area contributed by atoms with Gasteiger partial charge in [-0.3, -0.25) is 0 Å². The van der Waals surface area contributed by atoms with Gasteiger partial charge in [0.25, 0.3) is 6.43 Å². The number of H-pyrrole nitrogens is 1. The van der Waals surface area contributed by atoms with E-state index in [0.717, 1.165) is 0 Å². The Morgan fingerprint density at radius 1 is 1.59 bits per heavy atom. The van der Waals surface area contributed by atoms with E-state index in [-0.39, 0.29) is 11.5 Å². The number of hydrogen-bond acceptors (Lipinski definition) is 4. The fourth-order valence-electron chi connectivity index (χ4n) is 1.35. The minimum Gasteiger partial charge on any atom is -0.477 e. The van der Waals surface area contributed by atoms with E-state index in [1.54, 1.807) is 6.92 Å². The number of alkyl halides is 2. The summed E-state index contributed by atoms with van der Waals surface area (Å²) in [7, 11) is 0. The maximum Gasteiger partial charge on any atom is 0.341 e. The first-order valence-electron chi connectivity index (χ1n) is 4.53. The monoisotopic (exact) mass is 243 g/mol. The number of hydrogen-bond donors (Lipinski definition) is 2. The number of imidazole rings is 1. The number of aromatic carboxylic acids is 1. The van der Waals surface area contributed by atoms with Gasteiger partial charge in [-0.25, -0.2) is 18.6 Å². The molecule has 0 fully saturated rings. The van der Waals surface area contributed by atoms with Crippen molar-refractivity contribution in [3.63, 3.8) is 0 Å². The van der Waals surface area contributed by atoms with E-state index in [1.807, 2.05) is 0 Å². The summed E-state index contributed by atoms with van der Waals surface area (Å²) in [6, 6.07) is 0. The van der Waals surface area contributed by atoms with Crippen LogP contribution >= 0.6 is 0 Å². The first kappa shape index (κ1) is 11.2. The van der Waals surface area contributed by atoms with Crippen molar-refractivity contribution in [2.45, 2.75) is 13.3 Å². The minimum atomic E-state index is -3.04. The number of aromatic amines is 1. The summed E-state index contributed by atoms with van der Waals surface area (Å²) in [5, 5.41) is 12.2. The average molecular weight is 243 g/mol. The SMILES string of the molecule is Cc1cnc(-c2noc(C(F)F)c2C(=O)O)[nH]1. The van der Waals surface area contributed by atoms with Crippen LogP contribution < -0.4 is 0 Å². The van der Waals surface area contributed by atoms with Gasteiger partial charge in [-0.1, -0.05) is 5.16 Å². The van der Waals surface area contributed by atoms with Gasteiger partial charge in [-0.05, 0) is 6.92 Å². The molecular formula is C9H7F2N3O3. The maximum atomic E-state index is 12.5. The van der Waals surface area contributed by atoms with Gasteiger partial charge in [-0.15, -0.1) is 0 Å². The zero-order valence-electron chi connectivity index (χ0n) is 8.57. The number of carbonyl (C=O) groups is 1. The van der Waals surface area contributed by atoms with Gasteiger partial charge >= 0.3 is 5.97 Å². The van der Waals surface area contributed by atoms with Crippen LogP contribution in [0.4, 0.5) is 8.78 Å². The van der Waals surface area contributed by atoms with Gasteiger partial charge in [0, 0.05) is 11.9 Å². The molecule has 0 spiro atoms. The van der Waals surface area contributed by atoms with Gasteiger partial charge in [-0.2, -0.15) is 0 Å². The minimum absolute atomic E-state index is 0.0792. The average Bonchev–Trinajstić information content (AvgIpc) is 2.82. The molecule has 0 aliphatic carbocycles. The molecule has 0 aliphatic rings. The predicted octanol–water partition coefficient (Wildman–Crippen LogP) is 2.01. The standard InChI is InChI=1S/C9H7F2N3O3/c1-3-2-12-8(13-3)5-4(9(15)16)6(7(10)11)17-14-5/h2,7H,1H3,(H,12,13)(H,15,16). The highest BCUT2D eigenvalue weighted by Crippen LogP contribution is 2.29. The summed E-state index contributed by atoms with van der Waals surface area (Å²) < 4.78 is 29.3. The summed E-state index contributed by atoms with van der Waals surface area (Å²) in [4.78, 5) is 17.4. The van der Waals surface area contributed by atoms with Crippen LogP contribution in [-0.4, -0.2) is 26.2 Å². The summed E-state index contributed by atoms with van der Waals surface area (Å²) in [6.07, 6.45) is -1.61. The third kappa shape index (κ3) is 1.88. The van der Waals surface area contributed by atoms with Crippen molar-refractivity contribution in [1.82, 2.24) is 15.1 Å². The second-order valence-corrected chi connectivity index (χ2v) is 3.29. The Hall–Kier alpha value is -2.25. The van der Waals surface area contributed by atoms with Crippen LogP contribution in [0.1, 0.15) is 28.2 Å². The van der Waals surface area contributed by atoms with E-state index in [2.05, 4.69) is 19.6 Å². The molecule has 0 radical (unpaired) electrons. The third-order valence-corrected chi connectivity index (χ3v) is 2.06. The van der Waals surface area contributed by atoms with Crippen molar-refractivity contribution in [1.29, 1.82) is 0 Å². The van der Waals surface area contributed by atoms with Crippen LogP contribution in [-0.2, 0) is 0 Å². The fraction of sp³-hybridized carbons (Fsp3) is 0.222. The third-order valence-electron chi connectivity index (χ3n) is 2.06. The highest BCUT2D eigenvalue weighted by Gasteiger charge is 2.30. The molecule has 2 heterocycles. The number of rotatable bonds is 3. The summed E-state index contributed by atoms with van der Waals surface area (Å²) in [5.74, 6) is -2.43. The van der Waals surface area contributed by atoms with Crippen molar-refractivity contribution in [3.05, 3.63) is 23.2 Å². The van der Waals surface area contributed by atoms with Gasteiger partial charge in [0.2, 0.25) is 5.76 Å². The van der Waals surface area contributed by atoms with Gasteiger partial charge in [0.05, 0.1) is 0 Å². The number of nitrogens with one attached hydrogen (secondary N) is 1. The molecule has 8 heteroatoms. The lowest BCUT2D eigenvalue weighted by molar-refractivity contribution is 0.0670. The number of aryl methyl sites for hydroxylation is 1. The zero-order valence-corrected chi connectivity index (χ0v) is 8.57. The van der Waals surface area contributed by atoms with Crippen molar-refractivity contribution < 1.29 is 23.2 Å². The summed E-state index contributed by atoms with van der Waals surface area (Å²) in [5.41, 5.74) is -0.256. The number of nitrogens with zero attached hydrogens (tertiary/aromatic N) is 2. The normalized spacial score (nSPS) is 11.1. The van der Waals surface area contributed by atoms with Gasteiger partial charge in [0.15, 0.2) is 11.5 Å². The van der Waals surface area contributed by atoms with Crippen LogP contribution in [0.3, 0.4) is 0 Å². The molecule has 0 unspecified atom stereocenters. The van der Waals surface area contributed by atoms with Crippen LogP contribution in [0.5, 0.6) is 0 Å². The van der Waals surface area contributed by atoms with Crippen LogP contribution in [0.25, 0.3) is 11.5 Å². The van der Waals surface area contributed by atoms with E-state index in [9.17, 15) is 13.6 Å². The smallest absolute Gasteiger partial charge is 0.341 e. The van der Waals surface area contributed by atoms with E-state index < -0.39 is 23.7 Å². The summed E-state index contributed by atoms with van der Waals surface area (Å²) in [6.45, 7) is 1.69. The first-order valence-corrected chi connectivity index (χ1v) is 4.53. The molecule has 0 amide bonds. The first-order chi connectivity index (χ1) is 8.00. The van der Waals surface area contributed by atoms with E-state index in [1.165, 1.54) is 6.20 Å². The predicted molar refractivity (Wildman–Crippen MR) is 50.7 cm³/mol. The molecule has 0 saturated carbocycles. The Morgan fingerprint density at radius 3 is 2.76 bits per heavy atom. The second-order valence-electron chi connectivity index (χ2n) is 3.29. The molecule has 0 saturated heterocycles. The maximum absolute atomic E-state index is 12.5. The molecule has 2 aromatic rings. The Balaban J connectivity index is 2.59. The lowest BCUT2D eigenvalue weighted by Crippen LogP contribution is -2.02. The molecule has 6 nitrogen and oxygen atoms in total. The molecular weight excluding hydrogens is 236 g/mol. The quantitative estimate of drug-likeness (QED) is 0.860. The molecule has 2 aromatic heterocycles. The molecule has 17 heavy (non-hydrogen) atoms. The molecule has 0 atom stereocenters. The Kier molecular flexibility index (Phi) is 2.62. The van der Waals surface area contributed by atoms with Gasteiger partial charge in [0.1, 0.15) is 5.56 Å². The molecule has 90 valence electrons. The zero-order chi connectivity index (χ0) is 12.6. The fourth-order valence-corrected chi connectivity index (χ4v) is 1.35. The van der Waals surface area contributed by atoms with E-state index in [0.29, 0.717) is 5.69 Å². The van der Waals surface area contributed by atoms with E-state index in [4.69, 9.17) is 5.11 Å². The van der Waals surface area contributed by atoms with Gasteiger partial charge < -0.3 is 14.6 Å². The number of carboxylic acid groups (broad SMARTS) is 1. The van der Waals surface area contributed by atoms with Crippen molar-refractivity contribution in [2.75, 3.05) is 0 Å². The van der Waals surface area contributed by atoms with Crippen LogP contribution in [0, 0.1) is 6.92 Å². The topological polar surface area (TPSA) is 92.0 Å². The lowest BCUT2D eigenvalue weighted by Gasteiger charge is -1.95. The molecule has 2 rings (SSSR count). The highest BCUT2D eigenvalue weighted by atomic mass is 19.3. The van der Waals surface area contributed by atoms with Crippen molar-refractivity contribution >= 4 is 5.97 Å².